The molecule has 0 aromatic heterocycles. The molecule has 2 fully saturated rings. The van der Waals surface area contributed by atoms with Crippen LogP contribution in [0.5, 0.6) is 0 Å². The minimum atomic E-state index is 0.131. The number of rotatable bonds is 1. The first-order chi connectivity index (χ1) is 6.81. The van der Waals surface area contributed by atoms with E-state index >= 15 is 0 Å². The minimum Gasteiger partial charge on any atom is -0.361 e. The molecule has 0 spiro atoms. The lowest BCUT2D eigenvalue weighted by atomic mass is 9.83. The predicted molar refractivity (Wildman–Crippen MR) is 56.2 cm³/mol. The van der Waals surface area contributed by atoms with Gasteiger partial charge in [0.25, 0.3) is 0 Å². The number of epoxide rings is 1. The number of fused-ring (bicyclic) bond motifs is 1. The van der Waals surface area contributed by atoms with Gasteiger partial charge in [-0.2, -0.15) is 0 Å². The summed E-state index contributed by atoms with van der Waals surface area (Å²) in [5.41, 5.74) is 2.86. The van der Waals surface area contributed by atoms with Crippen molar-refractivity contribution in [3.05, 3.63) is 35.4 Å². The second-order valence-electron chi connectivity index (χ2n) is 4.61. The van der Waals surface area contributed by atoms with Crippen molar-refractivity contribution in [1.29, 1.82) is 0 Å². The Morgan fingerprint density at radius 2 is 2.00 bits per heavy atom. The quantitative estimate of drug-likeness (QED) is 0.617. The van der Waals surface area contributed by atoms with E-state index in [1.165, 1.54) is 36.8 Å². The van der Waals surface area contributed by atoms with Gasteiger partial charge in [-0.3, -0.25) is 0 Å². The Hall–Kier alpha value is -0.820. The van der Waals surface area contributed by atoms with Crippen LogP contribution < -0.4 is 0 Å². The molecule has 1 aliphatic carbocycles. The van der Waals surface area contributed by atoms with Crippen molar-refractivity contribution >= 4 is 0 Å². The first kappa shape index (κ1) is 8.49. The highest BCUT2D eigenvalue weighted by molar-refractivity contribution is 5.32. The normalized spacial score (nSPS) is 35.1. The average molecular weight is 188 g/mol. The Kier molecular flexibility index (Phi) is 1.72. The third-order valence-electron chi connectivity index (χ3n) is 3.62. The lowest BCUT2D eigenvalue weighted by Crippen LogP contribution is -2.16. The van der Waals surface area contributed by atoms with Gasteiger partial charge in [0, 0.05) is 0 Å². The van der Waals surface area contributed by atoms with Crippen LogP contribution in [0.1, 0.15) is 36.8 Å². The van der Waals surface area contributed by atoms with Crippen molar-refractivity contribution in [1.82, 2.24) is 0 Å². The van der Waals surface area contributed by atoms with E-state index in [0.717, 1.165) is 0 Å². The summed E-state index contributed by atoms with van der Waals surface area (Å²) in [6.07, 6.45) is 5.68. The number of ether oxygens (including phenoxy) is 1. The van der Waals surface area contributed by atoms with Crippen molar-refractivity contribution in [2.75, 3.05) is 0 Å². The van der Waals surface area contributed by atoms with Gasteiger partial charge in [0.05, 0.1) is 6.10 Å². The maximum Gasteiger partial charge on any atom is 0.120 e. The molecule has 1 aliphatic heterocycles. The zero-order valence-corrected chi connectivity index (χ0v) is 8.62. The van der Waals surface area contributed by atoms with Gasteiger partial charge < -0.3 is 4.74 Å². The molecule has 2 atom stereocenters. The number of aryl methyl sites for hydroxylation is 1. The Balaban J connectivity index is 1.92. The van der Waals surface area contributed by atoms with Crippen LogP contribution in [0.15, 0.2) is 24.3 Å². The van der Waals surface area contributed by atoms with Gasteiger partial charge in [0.1, 0.15) is 5.60 Å². The Morgan fingerprint density at radius 1 is 1.21 bits per heavy atom. The van der Waals surface area contributed by atoms with Gasteiger partial charge in [-0.25, -0.2) is 0 Å². The van der Waals surface area contributed by atoms with E-state index < -0.39 is 0 Å². The average Bonchev–Trinajstić information content (AvgIpc) is 2.94. The maximum atomic E-state index is 5.89. The first-order valence-corrected chi connectivity index (χ1v) is 5.56. The molecule has 1 saturated carbocycles. The Morgan fingerprint density at radius 3 is 2.71 bits per heavy atom. The smallest absolute Gasteiger partial charge is 0.120 e. The molecule has 0 bridgehead atoms. The summed E-state index contributed by atoms with van der Waals surface area (Å²) in [5.74, 6) is 0. The fraction of sp³-hybridized carbons (Fsp3) is 0.538. The molecule has 1 aromatic carbocycles. The predicted octanol–water partition coefficient (Wildman–Crippen LogP) is 3.16. The van der Waals surface area contributed by atoms with E-state index in [2.05, 4.69) is 31.2 Å². The first-order valence-electron chi connectivity index (χ1n) is 5.56. The summed E-state index contributed by atoms with van der Waals surface area (Å²) in [5, 5.41) is 0. The monoisotopic (exact) mass is 188 g/mol. The summed E-state index contributed by atoms with van der Waals surface area (Å²) in [7, 11) is 0. The molecular formula is C13H16O. The minimum absolute atomic E-state index is 0.131. The van der Waals surface area contributed by atoms with Crippen LogP contribution in [0.25, 0.3) is 0 Å². The summed E-state index contributed by atoms with van der Waals surface area (Å²) in [4.78, 5) is 0. The molecule has 0 unspecified atom stereocenters. The van der Waals surface area contributed by atoms with Crippen LogP contribution in [0.3, 0.4) is 0 Å². The third kappa shape index (κ3) is 1.12. The van der Waals surface area contributed by atoms with Crippen LogP contribution in [-0.4, -0.2) is 6.10 Å². The maximum absolute atomic E-state index is 5.89. The highest BCUT2D eigenvalue weighted by Crippen LogP contribution is 2.55. The highest BCUT2D eigenvalue weighted by atomic mass is 16.6. The molecule has 2 aliphatic rings. The standard InChI is InChI=1S/C13H16O/c1-10-5-7-11(8-6-10)13-9-3-2-4-12(13)14-13/h5-8,12H,2-4,9H2,1H3/t12-,13-/m0/s1. The molecule has 1 heteroatoms. The van der Waals surface area contributed by atoms with Crippen LogP contribution >= 0.6 is 0 Å². The molecule has 0 N–H and O–H groups in total. The topological polar surface area (TPSA) is 12.5 Å². The van der Waals surface area contributed by atoms with E-state index in [1.807, 2.05) is 0 Å². The SMILES string of the molecule is Cc1ccc([C@@]23CCCC[C@@H]2O3)cc1. The number of hydrogen-bond donors (Lipinski definition) is 0. The van der Waals surface area contributed by atoms with Crippen molar-refractivity contribution in [2.24, 2.45) is 0 Å². The van der Waals surface area contributed by atoms with Gasteiger partial charge in [-0.15, -0.1) is 0 Å². The highest BCUT2D eigenvalue weighted by Gasteiger charge is 2.57. The van der Waals surface area contributed by atoms with Gasteiger partial charge >= 0.3 is 0 Å². The van der Waals surface area contributed by atoms with Crippen LogP contribution in [0, 0.1) is 6.92 Å². The van der Waals surface area contributed by atoms with Gasteiger partial charge in [0.2, 0.25) is 0 Å². The zero-order valence-electron chi connectivity index (χ0n) is 8.62. The van der Waals surface area contributed by atoms with Crippen molar-refractivity contribution in [3.8, 4) is 0 Å². The molecule has 1 saturated heterocycles. The lowest BCUT2D eigenvalue weighted by molar-refractivity contribution is 0.289. The number of hydrogen-bond acceptors (Lipinski definition) is 1. The van der Waals surface area contributed by atoms with E-state index in [-0.39, 0.29) is 5.60 Å². The van der Waals surface area contributed by atoms with Gasteiger partial charge in [-0.1, -0.05) is 42.7 Å². The van der Waals surface area contributed by atoms with E-state index in [9.17, 15) is 0 Å². The lowest BCUT2D eigenvalue weighted by Gasteiger charge is -2.17. The summed E-state index contributed by atoms with van der Waals surface area (Å²) in [6.45, 7) is 2.13. The van der Waals surface area contributed by atoms with Crippen LogP contribution in [-0.2, 0) is 10.3 Å². The van der Waals surface area contributed by atoms with Crippen LogP contribution in [0.4, 0.5) is 0 Å². The molecule has 1 nitrogen and oxygen atoms in total. The Bertz CT molecular complexity index is 341. The van der Waals surface area contributed by atoms with Crippen molar-refractivity contribution < 1.29 is 4.74 Å². The van der Waals surface area contributed by atoms with E-state index in [4.69, 9.17) is 4.74 Å². The summed E-state index contributed by atoms with van der Waals surface area (Å²) >= 11 is 0. The van der Waals surface area contributed by atoms with Crippen LogP contribution in [0.2, 0.25) is 0 Å². The molecule has 3 rings (SSSR count). The molecule has 1 aromatic rings. The summed E-state index contributed by atoms with van der Waals surface area (Å²) < 4.78 is 5.89. The fourth-order valence-electron chi connectivity index (χ4n) is 2.68. The van der Waals surface area contributed by atoms with Gasteiger partial charge in [-0.05, 0) is 25.3 Å². The fourth-order valence-corrected chi connectivity index (χ4v) is 2.68. The molecule has 74 valence electrons. The molecule has 1 heterocycles. The van der Waals surface area contributed by atoms with E-state index in [1.54, 1.807) is 0 Å². The molecular weight excluding hydrogens is 172 g/mol. The van der Waals surface area contributed by atoms with Gasteiger partial charge in [0.15, 0.2) is 0 Å². The second kappa shape index (κ2) is 2.83. The largest absolute Gasteiger partial charge is 0.361 e. The molecule has 14 heavy (non-hydrogen) atoms. The number of benzene rings is 1. The molecule has 0 amide bonds. The summed E-state index contributed by atoms with van der Waals surface area (Å²) in [6, 6.07) is 8.86. The second-order valence-corrected chi connectivity index (χ2v) is 4.61. The zero-order chi connectivity index (χ0) is 9.60. The van der Waals surface area contributed by atoms with E-state index in [0.29, 0.717) is 6.10 Å². The molecule has 0 radical (unpaired) electrons. The Labute approximate surface area is 85.1 Å². The van der Waals surface area contributed by atoms with Crippen molar-refractivity contribution in [3.63, 3.8) is 0 Å². The van der Waals surface area contributed by atoms with Crippen molar-refractivity contribution in [2.45, 2.75) is 44.3 Å². The third-order valence-corrected chi connectivity index (χ3v) is 3.62.